The van der Waals surface area contributed by atoms with Crippen molar-refractivity contribution in [1.29, 1.82) is 0 Å². The van der Waals surface area contributed by atoms with E-state index in [0.29, 0.717) is 45.2 Å². The first-order chi connectivity index (χ1) is 15.6. The van der Waals surface area contributed by atoms with Crippen molar-refractivity contribution >= 4 is 29.6 Å². The lowest BCUT2D eigenvalue weighted by atomic mass is 10.1. The van der Waals surface area contributed by atoms with E-state index in [9.17, 15) is 34.2 Å². The zero-order chi connectivity index (χ0) is 25.0. The highest BCUT2D eigenvalue weighted by molar-refractivity contribution is 5.90. The number of nitrogens with zero attached hydrogens (tertiary/aromatic N) is 1. The lowest BCUT2D eigenvalue weighted by Crippen LogP contribution is -2.56. The number of nitrogens with one attached hydrogen (secondary N) is 3. The molecule has 0 aromatic heterocycles. The standard InChI is InChI=1S/C20H36N6O7/c1-12(28)24-15(11-27)19(32)25-13(9-17(29)30)10-23-14(5-2-3-7-21)20(33)26-8-4-6-16(26)18(22)31/h13-16,23,27H,2-11,21H2,1H3,(H2,22,31)(H,24,28)(H,25,32)(H,29,30)/t13-,14-,15-,16-/m0/s1. The number of carbonyl (C=O) groups excluding carboxylic acids is 4. The molecule has 1 aliphatic heterocycles. The van der Waals surface area contributed by atoms with Gasteiger partial charge in [-0.05, 0) is 32.2 Å². The van der Waals surface area contributed by atoms with E-state index in [4.69, 9.17) is 11.5 Å². The van der Waals surface area contributed by atoms with E-state index in [1.807, 2.05) is 0 Å². The fraction of sp³-hybridized carbons (Fsp3) is 0.750. The summed E-state index contributed by atoms with van der Waals surface area (Å²) in [7, 11) is 0. The van der Waals surface area contributed by atoms with E-state index in [2.05, 4.69) is 16.0 Å². The number of aliphatic hydroxyl groups is 1. The summed E-state index contributed by atoms with van der Waals surface area (Å²) in [6, 6.07) is -3.57. The van der Waals surface area contributed by atoms with E-state index in [1.54, 1.807) is 0 Å². The Labute approximate surface area is 192 Å². The number of likely N-dealkylation sites (tertiary alicyclic amines) is 1. The van der Waals surface area contributed by atoms with Gasteiger partial charge in [-0.2, -0.15) is 0 Å². The summed E-state index contributed by atoms with van der Waals surface area (Å²) in [5.74, 6) is -3.36. The largest absolute Gasteiger partial charge is 0.481 e. The maximum atomic E-state index is 13.1. The Bertz CT molecular complexity index is 704. The van der Waals surface area contributed by atoms with Crippen LogP contribution in [0.25, 0.3) is 0 Å². The normalized spacial score (nSPS) is 18.3. The summed E-state index contributed by atoms with van der Waals surface area (Å²) >= 11 is 0. The summed E-state index contributed by atoms with van der Waals surface area (Å²) in [6.45, 7) is 1.29. The number of primary amides is 1. The zero-order valence-corrected chi connectivity index (χ0v) is 18.9. The molecule has 0 aromatic carbocycles. The lowest BCUT2D eigenvalue weighted by molar-refractivity contribution is -0.139. The van der Waals surface area contributed by atoms with Gasteiger partial charge in [0.05, 0.1) is 25.1 Å². The molecule has 0 saturated carbocycles. The summed E-state index contributed by atoms with van der Waals surface area (Å²) in [5, 5.41) is 26.3. The minimum atomic E-state index is -1.23. The molecule has 0 unspecified atom stereocenters. The smallest absolute Gasteiger partial charge is 0.305 e. The molecule has 0 bridgehead atoms. The first-order valence-electron chi connectivity index (χ1n) is 11.0. The van der Waals surface area contributed by atoms with Gasteiger partial charge in [0.25, 0.3) is 0 Å². The van der Waals surface area contributed by atoms with E-state index in [-0.39, 0.29) is 12.5 Å². The van der Waals surface area contributed by atoms with Crippen molar-refractivity contribution in [1.82, 2.24) is 20.9 Å². The highest BCUT2D eigenvalue weighted by atomic mass is 16.4. The Morgan fingerprint density at radius 2 is 1.82 bits per heavy atom. The fourth-order valence-corrected chi connectivity index (χ4v) is 3.74. The maximum Gasteiger partial charge on any atom is 0.305 e. The first kappa shape index (κ1) is 28.3. The average Bonchev–Trinajstić information content (AvgIpc) is 3.23. The zero-order valence-electron chi connectivity index (χ0n) is 18.9. The number of nitrogens with two attached hydrogens (primary N) is 2. The first-order valence-corrected chi connectivity index (χ1v) is 11.0. The van der Waals surface area contributed by atoms with Crippen molar-refractivity contribution in [2.24, 2.45) is 11.5 Å². The number of hydrogen-bond acceptors (Lipinski definition) is 8. The number of aliphatic carboxylic acids is 1. The number of carboxylic acid groups (broad SMARTS) is 1. The van der Waals surface area contributed by atoms with Gasteiger partial charge in [-0.25, -0.2) is 0 Å². The summed E-state index contributed by atoms with van der Waals surface area (Å²) in [6.07, 6.45) is 2.39. The van der Waals surface area contributed by atoms with Gasteiger partial charge in [-0.1, -0.05) is 6.42 Å². The van der Waals surface area contributed by atoms with Crippen molar-refractivity contribution < 1.29 is 34.2 Å². The number of carboxylic acids is 1. The SMILES string of the molecule is CC(=O)N[C@@H](CO)C(=O)N[C@H](CN[C@@H](CCCCN)C(=O)N1CCC[C@H]1C(N)=O)CC(=O)O. The molecule has 13 nitrogen and oxygen atoms in total. The van der Waals surface area contributed by atoms with Gasteiger partial charge >= 0.3 is 5.97 Å². The van der Waals surface area contributed by atoms with Crippen LogP contribution >= 0.6 is 0 Å². The van der Waals surface area contributed by atoms with Crippen LogP contribution in [0, 0.1) is 0 Å². The van der Waals surface area contributed by atoms with E-state index in [1.165, 1.54) is 11.8 Å². The van der Waals surface area contributed by atoms with Crippen molar-refractivity contribution in [2.75, 3.05) is 26.2 Å². The van der Waals surface area contributed by atoms with Crippen LogP contribution in [0.15, 0.2) is 0 Å². The molecule has 1 aliphatic rings. The van der Waals surface area contributed by atoms with Gasteiger partial charge in [-0.3, -0.25) is 24.0 Å². The molecule has 1 heterocycles. The quantitative estimate of drug-likeness (QED) is 0.121. The Morgan fingerprint density at radius 3 is 2.36 bits per heavy atom. The number of hydrogen-bond donors (Lipinski definition) is 7. The molecular weight excluding hydrogens is 436 g/mol. The number of rotatable bonds is 15. The topological polar surface area (TPSA) is 217 Å². The van der Waals surface area contributed by atoms with Crippen LogP contribution in [0.5, 0.6) is 0 Å². The predicted molar refractivity (Wildman–Crippen MR) is 117 cm³/mol. The average molecular weight is 473 g/mol. The maximum absolute atomic E-state index is 13.1. The number of amides is 4. The van der Waals surface area contributed by atoms with E-state index >= 15 is 0 Å². The molecule has 1 fully saturated rings. The Morgan fingerprint density at radius 1 is 1.12 bits per heavy atom. The summed E-state index contributed by atoms with van der Waals surface area (Å²) in [4.78, 5) is 61.1. The molecule has 0 spiro atoms. The molecule has 0 radical (unpaired) electrons. The molecule has 1 saturated heterocycles. The molecule has 33 heavy (non-hydrogen) atoms. The summed E-state index contributed by atoms with van der Waals surface area (Å²) in [5.41, 5.74) is 11.0. The predicted octanol–water partition coefficient (Wildman–Crippen LogP) is -2.99. The minimum Gasteiger partial charge on any atom is -0.481 e. The number of unbranched alkanes of at least 4 members (excludes halogenated alkanes) is 1. The highest BCUT2D eigenvalue weighted by Crippen LogP contribution is 2.19. The van der Waals surface area contributed by atoms with Gasteiger partial charge in [0, 0.05) is 20.0 Å². The molecule has 0 aliphatic carbocycles. The minimum absolute atomic E-state index is 0.0651. The van der Waals surface area contributed by atoms with Gasteiger partial charge in [0.2, 0.25) is 23.6 Å². The fourth-order valence-electron chi connectivity index (χ4n) is 3.74. The van der Waals surface area contributed by atoms with Crippen molar-refractivity contribution in [3.63, 3.8) is 0 Å². The van der Waals surface area contributed by atoms with Crippen molar-refractivity contribution in [3.8, 4) is 0 Å². The van der Waals surface area contributed by atoms with E-state index in [0.717, 1.165) is 0 Å². The second-order valence-corrected chi connectivity index (χ2v) is 8.08. The molecule has 188 valence electrons. The number of aliphatic hydroxyl groups excluding tert-OH is 1. The third-order valence-corrected chi connectivity index (χ3v) is 5.36. The second kappa shape index (κ2) is 14.4. The molecule has 1 rings (SSSR count). The molecular formula is C20H36N6O7. The van der Waals surface area contributed by atoms with Crippen molar-refractivity contribution in [3.05, 3.63) is 0 Å². The molecule has 4 atom stereocenters. The van der Waals surface area contributed by atoms with Gasteiger partial charge in [0.15, 0.2) is 0 Å². The Balaban J connectivity index is 2.90. The summed E-state index contributed by atoms with van der Waals surface area (Å²) < 4.78 is 0. The highest BCUT2D eigenvalue weighted by Gasteiger charge is 2.36. The van der Waals surface area contributed by atoms with Crippen LogP contribution in [0.4, 0.5) is 0 Å². The lowest BCUT2D eigenvalue weighted by Gasteiger charge is -2.29. The van der Waals surface area contributed by atoms with E-state index < -0.39 is 60.9 Å². The van der Waals surface area contributed by atoms with Crippen LogP contribution in [-0.4, -0.2) is 95.1 Å². The van der Waals surface area contributed by atoms with Gasteiger partial charge in [0.1, 0.15) is 12.1 Å². The van der Waals surface area contributed by atoms with Crippen LogP contribution in [0.3, 0.4) is 0 Å². The number of carbonyl (C=O) groups is 5. The van der Waals surface area contributed by atoms with Crippen molar-refractivity contribution in [2.45, 2.75) is 69.6 Å². The van der Waals surface area contributed by atoms with Gasteiger partial charge < -0.3 is 42.5 Å². The third kappa shape index (κ3) is 9.72. The Kier molecular flexibility index (Phi) is 12.3. The van der Waals surface area contributed by atoms with Crippen LogP contribution in [0.2, 0.25) is 0 Å². The van der Waals surface area contributed by atoms with Crippen LogP contribution < -0.4 is 27.4 Å². The molecule has 9 N–H and O–H groups in total. The van der Waals surface area contributed by atoms with Crippen LogP contribution in [-0.2, 0) is 24.0 Å². The van der Waals surface area contributed by atoms with Crippen LogP contribution in [0.1, 0.15) is 45.4 Å². The molecule has 4 amide bonds. The second-order valence-electron chi connectivity index (χ2n) is 8.08. The van der Waals surface area contributed by atoms with Gasteiger partial charge in [-0.15, -0.1) is 0 Å². The monoisotopic (exact) mass is 472 g/mol. The molecule has 0 aromatic rings. The third-order valence-electron chi connectivity index (χ3n) is 5.36. The Hall–Kier alpha value is -2.77. The molecule has 13 heteroatoms.